The lowest BCUT2D eigenvalue weighted by atomic mass is 10.2. The highest BCUT2D eigenvalue weighted by Gasteiger charge is 2.16. The Morgan fingerprint density at radius 3 is 3.00 bits per heavy atom. The molecule has 1 heterocycles. The van der Waals surface area contributed by atoms with Crippen LogP contribution in [0.2, 0.25) is 5.02 Å². The molecule has 2 aromatic rings. The second-order valence-corrected chi connectivity index (χ2v) is 5.01. The number of carbonyl (C=O) groups is 1. The Labute approximate surface area is 125 Å². The van der Waals surface area contributed by atoms with E-state index in [-0.39, 0.29) is 24.9 Å². The Bertz CT molecular complexity index is 686. The average molecular weight is 307 g/mol. The van der Waals surface area contributed by atoms with Gasteiger partial charge in [0.2, 0.25) is 0 Å². The lowest BCUT2D eigenvalue weighted by Crippen LogP contribution is -2.25. The summed E-state index contributed by atoms with van der Waals surface area (Å²) < 4.78 is 18.9. The fourth-order valence-electron chi connectivity index (χ4n) is 2.08. The number of anilines is 2. The van der Waals surface area contributed by atoms with Crippen LogP contribution in [0.4, 0.5) is 15.8 Å². The fourth-order valence-corrected chi connectivity index (χ4v) is 2.31. The number of amides is 1. The van der Waals surface area contributed by atoms with Crippen molar-refractivity contribution in [3.05, 3.63) is 52.8 Å². The zero-order chi connectivity index (χ0) is 14.8. The third kappa shape index (κ3) is 2.92. The molecule has 21 heavy (non-hydrogen) atoms. The first kappa shape index (κ1) is 13.7. The molecule has 0 spiro atoms. The maximum atomic E-state index is 13.7. The molecular weight excluding hydrogens is 295 g/mol. The molecule has 0 saturated carbocycles. The van der Waals surface area contributed by atoms with Gasteiger partial charge in [0.1, 0.15) is 11.6 Å². The Hall–Kier alpha value is -2.27. The molecule has 1 aliphatic rings. The molecule has 0 fully saturated rings. The topological polar surface area (TPSA) is 50.4 Å². The smallest absolute Gasteiger partial charge is 0.262 e. The Morgan fingerprint density at radius 1 is 1.33 bits per heavy atom. The molecule has 0 unspecified atom stereocenters. The van der Waals surface area contributed by atoms with E-state index in [9.17, 15) is 9.18 Å². The van der Waals surface area contributed by atoms with E-state index in [1.165, 1.54) is 6.07 Å². The SMILES string of the molecule is O=C1COc2ccc(NCc3c(F)cccc3Cl)cc2N1. The first-order valence-corrected chi connectivity index (χ1v) is 6.75. The number of hydrogen-bond donors (Lipinski definition) is 2. The lowest BCUT2D eigenvalue weighted by Gasteiger charge is -2.19. The number of halogens is 2. The van der Waals surface area contributed by atoms with Crippen LogP contribution in [-0.4, -0.2) is 12.5 Å². The molecule has 1 aliphatic heterocycles. The summed E-state index contributed by atoms with van der Waals surface area (Å²) in [7, 11) is 0. The van der Waals surface area contributed by atoms with Gasteiger partial charge in [-0.1, -0.05) is 17.7 Å². The van der Waals surface area contributed by atoms with Crippen molar-refractivity contribution in [1.29, 1.82) is 0 Å². The molecule has 6 heteroatoms. The molecule has 2 aromatic carbocycles. The summed E-state index contributed by atoms with van der Waals surface area (Å²) in [5.74, 6) is 0.0606. The molecule has 3 rings (SSSR count). The third-order valence-corrected chi connectivity index (χ3v) is 3.50. The van der Waals surface area contributed by atoms with Crippen molar-refractivity contribution in [2.75, 3.05) is 17.2 Å². The maximum absolute atomic E-state index is 13.7. The Morgan fingerprint density at radius 2 is 2.19 bits per heavy atom. The fraction of sp³-hybridized carbons (Fsp3) is 0.133. The normalized spacial score (nSPS) is 13.1. The van der Waals surface area contributed by atoms with E-state index >= 15 is 0 Å². The second kappa shape index (κ2) is 5.61. The van der Waals surface area contributed by atoms with Crippen molar-refractivity contribution in [2.24, 2.45) is 0 Å². The summed E-state index contributed by atoms with van der Waals surface area (Å²) in [6, 6.07) is 9.85. The van der Waals surface area contributed by atoms with Crippen LogP contribution in [0.15, 0.2) is 36.4 Å². The van der Waals surface area contributed by atoms with Crippen LogP contribution < -0.4 is 15.4 Å². The highest BCUT2D eigenvalue weighted by atomic mass is 35.5. The summed E-state index contributed by atoms with van der Waals surface area (Å²) in [6.07, 6.45) is 0. The van der Waals surface area contributed by atoms with Crippen LogP contribution in [0.5, 0.6) is 5.75 Å². The summed E-state index contributed by atoms with van der Waals surface area (Å²) in [5, 5.41) is 6.17. The van der Waals surface area contributed by atoms with Gasteiger partial charge in [0.05, 0.1) is 5.69 Å². The highest BCUT2D eigenvalue weighted by Crippen LogP contribution is 2.31. The number of ether oxygens (including phenoxy) is 1. The molecule has 0 aromatic heterocycles. The number of carbonyl (C=O) groups excluding carboxylic acids is 1. The van der Waals surface area contributed by atoms with Crippen molar-refractivity contribution in [2.45, 2.75) is 6.54 Å². The molecule has 1 amide bonds. The molecule has 4 nitrogen and oxygen atoms in total. The minimum absolute atomic E-state index is 0.0185. The standard InChI is InChI=1S/C15H12ClFN2O2/c16-11-2-1-3-12(17)10(11)7-18-9-4-5-14-13(6-9)19-15(20)8-21-14/h1-6,18H,7-8H2,(H,19,20). The lowest BCUT2D eigenvalue weighted by molar-refractivity contribution is -0.118. The zero-order valence-corrected chi connectivity index (χ0v) is 11.7. The van der Waals surface area contributed by atoms with Crippen LogP contribution in [0.3, 0.4) is 0 Å². The summed E-state index contributed by atoms with van der Waals surface area (Å²) in [5.41, 5.74) is 1.73. The number of rotatable bonds is 3. The van der Waals surface area contributed by atoms with Gasteiger partial charge in [0.25, 0.3) is 5.91 Å². The first-order valence-electron chi connectivity index (χ1n) is 6.37. The van der Waals surface area contributed by atoms with E-state index in [2.05, 4.69) is 10.6 Å². The number of fused-ring (bicyclic) bond motifs is 1. The van der Waals surface area contributed by atoms with E-state index in [0.717, 1.165) is 5.69 Å². The van der Waals surface area contributed by atoms with E-state index in [1.54, 1.807) is 30.3 Å². The van der Waals surface area contributed by atoms with E-state index in [4.69, 9.17) is 16.3 Å². The van der Waals surface area contributed by atoms with Gasteiger partial charge < -0.3 is 15.4 Å². The van der Waals surface area contributed by atoms with Gasteiger partial charge in [0, 0.05) is 22.8 Å². The van der Waals surface area contributed by atoms with Crippen molar-refractivity contribution in [1.82, 2.24) is 0 Å². The van der Waals surface area contributed by atoms with E-state index in [0.29, 0.717) is 22.0 Å². The van der Waals surface area contributed by atoms with Gasteiger partial charge in [-0.2, -0.15) is 0 Å². The van der Waals surface area contributed by atoms with Gasteiger partial charge >= 0.3 is 0 Å². The number of benzene rings is 2. The van der Waals surface area contributed by atoms with E-state index in [1.807, 2.05) is 0 Å². The molecule has 0 atom stereocenters. The molecule has 0 bridgehead atoms. The molecule has 2 N–H and O–H groups in total. The van der Waals surface area contributed by atoms with Gasteiger partial charge in [-0.3, -0.25) is 4.79 Å². The van der Waals surface area contributed by atoms with Gasteiger partial charge in [0.15, 0.2) is 6.61 Å². The second-order valence-electron chi connectivity index (χ2n) is 4.60. The predicted octanol–water partition coefficient (Wildman–Crippen LogP) is 3.42. The molecular formula is C15H12ClFN2O2. The number of nitrogens with one attached hydrogen (secondary N) is 2. The highest BCUT2D eigenvalue weighted by molar-refractivity contribution is 6.31. The van der Waals surface area contributed by atoms with Crippen LogP contribution >= 0.6 is 11.6 Å². The van der Waals surface area contributed by atoms with Crippen LogP contribution in [0.25, 0.3) is 0 Å². The molecule has 108 valence electrons. The van der Waals surface area contributed by atoms with Crippen molar-refractivity contribution in [3.8, 4) is 5.75 Å². The van der Waals surface area contributed by atoms with Crippen LogP contribution in [0.1, 0.15) is 5.56 Å². The summed E-state index contributed by atoms with van der Waals surface area (Å²) >= 11 is 5.97. The van der Waals surface area contributed by atoms with Gasteiger partial charge in [-0.05, 0) is 30.3 Å². The third-order valence-electron chi connectivity index (χ3n) is 3.14. The largest absolute Gasteiger partial charge is 0.482 e. The van der Waals surface area contributed by atoms with Crippen LogP contribution in [-0.2, 0) is 11.3 Å². The predicted molar refractivity (Wildman–Crippen MR) is 79.3 cm³/mol. The summed E-state index contributed by atoms with van der Waals surface area (Å²) in [4.78, 5) is 11.3. The van der Waals surface area contributed by atoms with E-state index < -0.39 is 0 Å². The van der Waals surface area contributed by atoms with Crippen molar-refractivity contribution >= 4 is 28.9 Å². The Balaban J connectivity index is 1.77. The Kier molecular flexibility index (Phi) is 3.66. The molecule has 0 saturated heterocycles. The number of hydrogen-bond acceptors (Lipinski definition) is 3. The van der Waals surface area contributed by atoms with Crippen molar-refractivity contribution in [3.63, 3.8) is 0 Å². The van der Waals surface area contributed by atoms with Crippen molar-refractivity contribution < 1.29 is 13.9 Å². The minimum Gasteiger partial charge on any atom is -0.482 e. The quantitative estimate of drug-likeness (QED) is 0.913. The summed E-state index contributed by atoms with van der Waals surface area (Å²) in [6.45, 7) is 0.268. The first-order chi connectivity index (χ1) is 10.1. The average Bonchev–Trinajstić information content (AvgIpc) is 2.46. The minimum atomic E-state index is -0.357. The van der Waals surface area contributed by atoms with Gasteiger partial charge in [-0.25, -0.2) is 4.39 Å². The van der Waals surface area contributed by atoms with Crippen LogP contribution in [0, 0.1) is 5.82 Å². The zero-order valence-electron chi connectivity index (χ0n) is 11.0. The monoisotopic (exact) mass is 306 g/mol. The molecule has 0 radical (unpaired) electrons. The molecule has 0 aliphatic carbocycles. The maximum Gasteiger partial charge on any atom is 0.262 e. The van der Waals surface area contributed by atoms with Gasteiger partial charge in [-0.15, -0.1) is 0 Å².